The molecule has 0 unspecified atom stereocenters. The van der Waals surface area contributed by atoms with Crippen molar-refractivity contribution in [3.8, 4) is 5.75 Å². The molecule has 22 heavy (non-hydrogen) atoms. The number of hydrogen-bond donors (Lipinski definition) is 3. The first-order valence-electron chi connectivity index (χ1n) is 4.95. The van der Waals surface area contributed by atoms with Crippen LogP contribution in [0.1, 0.15) is 4.28 Å². The van der Waals surface area contributed by atoms with Gasteiger partial charge in [0.25, 0.3) is 0 Å². The Kier molecular flexibility index (Phi) is 15.8. The molecule has 8 nitrogen and oxygen atoms in total. The van der Waals surface area contributed by atoms with Gasteiger partial charge in [-0.05, 0) is 12.1 Å². The van der Waals surface area contributed by atoms with Crippen LogP contribution in [-0.4, -0.2) is 45.6 Å². The van der Waals surface area contributed by atoms with Crippen LogP contribution in [0.2, 0.25) is 0 Å². The van der Waals surface area contributed by atoms with E-state index in [0.717, 1.165) is 0 Å². The van der Waals surface area contributed by atoms with Crippen molar-refractivity contribution in [2.75, 3.05) is 6.61 Å². The molecule has 0 saturated heterocycles. The summed E-state index contributed by atoms with van der Waals surface area (Å²) >= 11 is 0. The van der Waals surface area contributed by atoms with E-state index in [9.17, 15) is 14.4 Å². The molecule has 1 aromatic carbocycles. The minimum absolute atomic E-state index is 0. The third kappa shape index (κ3) is 7.78. The van der Waals surface area contributed by atoms with E-state index >= 15 is 0 Å². The Morgan fingerprint density at radius 2 is 1.41 bits per heavy atom. The first-order chi connectivity index (χ1) is 8.88. The Morgan fingerprint density at radius 1 is 0.955 bits per heavy atom. The predicted octanol–water partition coefficient (Wildman–Crippen LogP) is -8.62. The van der Waals surface area contributed by atoms with Crippen molar-refractivity contribution in [3.63, 3.8) is 0 Å². The third-order valence-corrected chi connectivity index (χ3v) is 1.97. The quantitative estimate of drug-likeness (QED) is 0.253. The second-order valence-electron chi connectivity index (χ2n) is 3.32. The average Bonchev–Trinajstić information content (AvgIpc) is 2.34. The number of carbonyl (C=O) groups is 3. The molecule has 0 fully saturated rings. The molecule has 0 heterocycles. The van der Waals surface area contributed by atoms with Crippen LogP contribution in [0.15, 0.2) is 30.3 Å². The molecule has 0 spiro atoms. The number of hydrogen-bond acceptors (Lipinski definition) is 5. The Balaban J connectivity index is -0.000000150. The van der Waals surface area contributed by atoms with Crippen molar-refractivity contribution in [2.45, 2.75) is 5.79 Å². The number of aliphatic carboxylic acids is 3. The summed E-state index contributed by atoms with van der Waals surface area (Å²) < 4.78 is 9.19. The molecule has 0 aliphatic carbocycles. The van der Waals surface area contributed by atoms with Crippen LogP contribution in [0.4, 0.5) is 0 Å². The Hall–Kier alpha value is 0.390. The Morgan fingerprint density at radius 3 is 1.77 bits per heavy atom. The second-order valence-corrected chi connectivity index (χ2v) is 3.32. The van der Waals surface area contributed by atoms with E-state index in [4.69, 9.17) is 20.1 Å². The maximum Gasteiger partial charge on any atom is 1.00 e. The van der Waals surface area contributed by atoms with Crippen molar-refractivity contribution in [1.82, 2.24) is 0 Å². The number of ether oxygens (including phenoxy) is 2. The number of rotatable bonds is 7. The van der Waals surface area contributed by atoms with Crippen molar-refractivity contribution in [2.24, 2.45) is 0 Å². The van der Waals surface area contributed by atoms with Gasteiger partial charge < -0.3 is 29.1 Å². The molecular weight excluding hydrogens is 329 g/mol. The van der Waals surface area contributed by atoms with E-state index < -0.39 is 30.3 Å². The topological polar surface area (TPSA) is 130 Å². The van der Waals surface area contributed by atoms with Gasteiger partial charge in [-0.15, -0.1) is 0 Å². The van der Waals surface area contributed by atoms with Gasteiger partial charge in [0.2, 0.25) is 0 Å². The molecule has 108 valence electrons. The number of benzene rings is 1. The minimum atomic E-state index is -3.11. The zero-order chi connectivity index (χ0) is 14.5. The van der Waals surface area contributed by atoms with Gasteiger partial charge in [0.1, 0.15) is 12.4 Å². The molecule has 1 aromatic rings. The molecule has 11 heteroatoms. The molecule has 1 rings (SSSR count). The van der Waals surface area contributed by atoms with Gasteiger partial charge in [0, 0.05) is 0 Å². The molecule has 0 amide bonds. The van der Waals surface area contributed by atoms with Gasteiger partial charge in [0.05, 0.1) is 0 Å². The standard InChI is InChI=1S/C11H10O8.3Na.3H/c12-8(13)6-18-11(9(14)15,10(16)17)19-7-4-2-1-3-5-7;;;;;;/h1-5H,6H2,(H,12,13)(H,14,15)(H,16,17);;;;;;/q;3*+1;3*-1. The monoisotopic (exact) mass is 342 g/mol. The molecule has 3 N–H and O–H groups in total. The van der Waals surface area contributed by atoms with E-state index in [2.05, 4.69) is 4.74 Å². The fourth-order valence-electron chi connectivity index (χ4n) is 1.15. The molecule has 0 saturated carbocycles. The first kappa shape index (κ1) is 27.2. The van der Waals surface area contributed by atoms with E-state index in [1.807, 2.05) is 0 Å². The van der Waals surface area contributed by atoms with E-state index in [1.54, 1.807) is 6.07 Å². The number of carboxylic acids is 3. The summed E-state index contributed by atoms with van der Waals surface area (Å²) in [7, 11) is 0. The van der Waals surface area contributed by atoms with E-state index in [1.165, 1.54) is 24.3 Å². The Labute approximate surface area is 196 Å². The van der Waals surface area contributed by atoms with Crippen LogP contribution in [0, 0.1) is 0 Å². The van der Waals surface area contributed by atoms with Gasteiger partial charge in [0.15, 0.2) is 0 Å². The summed E-state index contributed by atoms with van der Waals surface area (Å²) in [5.41, 5.74) is 0. The molecule has 0 bridgehead atoms. The van der Waals surface area contributed by atoms with Crippen molar-refractivity contribution in [3.05, 3.63) is 30.3 Å². The smallest absolute Gasteiger partial charge is 1.00 e. The zero-order valence-corrected chi connectivity index (χ0v) is 18.5. The van der Waals surface area contributed by atoms with Crippen LogP contribution in [0.3, 0.4) is 0 Å². The van der Waals surface area contributed by atoms with Crippen LogP contribution >= 0.6 is 0 Å². The maximum absolute atomic E-state index is 11.1. The molecule has 0 radical (unpaired) electrons. The molecule has 0 atom stereocenters. The SMILES string of the molecule is O=C(O)COC(Oc1ccccc1)(C(=O)O)C(=O)O.[H-].[H-].[H-].[Na+].[Na+].[Na+]. The Bertz CT molecular complexity index is 493. The van der Waals surface area contributed by atoms with Gasteiger partial charge in [-0.2, -0.15) is 0 Å². The van der Waals surface area contributed by atoms with Crippen LogP contribution in [0.5, 0.6) is 5.75 Å². The summed E-state index contributed by atoms with van der Waals surface area (Å²) in [5, 5.41) is 26.3. The van der Waals surface area contributed by atoms with Crippen LogP contribution in [-0.2, 0) is 19.1 Å². The number of para-hydroxylation sites is 1. The van der Waals surface area contributed by atoms with Crippen LogP contribution in [0.25, 0.3) is 0 Å². The largest absolute Gasteiger partial charge is 1.00 e. The van der Waals surface area contributed by atoms with Gasteiger partial charge in [-0.1, -0.05) is 18.2 Å². The predicted molar refractivity (Wildman–Crippen MR) is 62.0 cm³/mol. The summed E-state index contributed by atoms with van der Waals surface area (Å²) in [6, 6.07) is 7.20. The summed E-state index contributed by atoms with van der Waals surface area (Å²) in [6.07, 6.45) is 0. The maximum atomic E-state index is 11.1. The first-order valence-corrected chi connectivity index (χ1v) is 4.95. The van der Waals surface area contributed by atoms with E-state index in [-0.39, 0.29) is 98.7 Å². The molecule has 0 aromatic heterocycles. The molecular formula is C11H13Na3O8. The zero-order valence-electron chi connectivity index (χ0n) is 15.5. The van der Waals surface area contributed by atoms with Crippen molar-refractivity contribution < 1.29 is 132 Å². The summed E-state index contributed by atoms with van der Waals surface area (Å²) in [6.45, 7) is -1.13. The minimum Gasteiger partial charge on any atom is -1.00 e. The normalized spacial score (nSPS) is 9.27. The fraction of sp³-hybridized carbons (Fsp3) is 0.182. The fourth-order valence-corrected chi connectivity index (χ4v) is 1.15. The van der Waals surface area contributed by atoms with Crippen molar-refractivity contribution >= 4 is 17.9 Å². The average molecular weight is 342 g/mol. The van der Waals surface area contributed by atoms with Gasteiger partial charge in [-0.25, -0.2) is 14.4 Å². The molecule has 0 aliphatic heterocycles. The van der Waals surface area contributed by atoms with Gasteiger partial charge in [-0.3, -0.25) is 0 Å². The summed E-state index contributed by atoms with van der Waals surface area (Å²) in [4.78, 5) is 32.5. The second kappa shape index (κ2) is 12.8. The number of carboxylic acid groups (broad SMARTS) is 3. The van der Waals surface area contributed by atoms with Crippen molar-refractivity contribution in [1.29, 1.82) is 0 Å². The summed E-state index contributed by atoms with van der Waals surface area (Å²) in [5.74, 6) is -8.66. The van der Waals surface area contributed by atoms with Crippen LogP contribution < -0.4 is 93.4 Å². The molecule has 0 aliphatic rings. The third-order valence-electron chi connectivity index (χ3n) is 1.97. The van der Waals surface area contributed by atoms with Gasteiger partial charge >= 0.3 is 112 Å². The van der Waals surface area contributed by atoms with E-state index in [0.29, 0.717) is 0 Å².